The Labute approximate surface area is 250 Å². The number of pyridine rings is 1. The summed E-state index contributed by atoms with van der Waals surface area (Å²) in [5.74, 6) is -1.29. The summed E-state index contributed by atoms with van der Waals surface area (Å²) in [6.45, 7) is 2.22. The van der Waals surface area contributed by atoms with Gasteiger partial charge in [0.2, 0.25) is 6.79 Å². The number of esters is 2. The molecule has 1 unspecified atom stereocenters. The number of carbonyl (C=O) groups is 3. The van der Waals surface area contributed by atoms with Crippen LogP contribution < -0.4 is 14.8 Å². The molecule has 0 bridgehead atoms. The SMILES string of the molecule is COc1ccnc(C(=O)NCC(=O)OC(C)Cc2ccc(-c3ccccc3)cc2)c1OCOC(C)=O.Oc1ccccc1. The minimum absolute atomic E-state index is 0.0144. The summed E-state index contributed by atoms with van der Waals surface area (Å²) in [4.78, 5) is 39.9. The molecule has 224 valence electrons. The minimum Gasteiger partial charge on any atom is -0.508 e. The van der Waals surface area contributed by atoms with Gasteiger partial charge in [0.1, 0.15) is 18.4 Å². The third-order valence-electron chi connectivity index (χ3n) is 5.84. The van der Waals surface area contributed by atoms with E-state index in [-0.39, 0.29) is 23.7 Å². The summed E-state index contributed by atoms with van der Waals surface area (Å²) in [6, 6.07) is 28.3. The number of carbonyl (C=O) groups excluding carboxylic acids is 3. The number of methoxy groups -OCH3 is 1. The van der Waals surface area contributed by atoms with Crippen molar-refractivity contribution in [3.63, 3.8) is 0 Å². The molecule has 3 aromatic carbocycles. The number of amides is 1. The predicted octanol–water partition coefficient (Wildman–Crippen LogP) is 4.95. The largest absolute Gasteiger partial charge is 0.508 e. The normalized spacial score (nSPS) is 10.8. The number of hydrogen-bond acceptors (Lipinski definition) is 9. The molecule has 0 aliphatic heterocycles. The fourth-order valence-corrected chi connectivity index (χ4v) is 3.83. The molecule has 0 spiro atoms. The molecular formula is C33H34N2O8. The molecule has 10 nitrogen and oxygen atoms in total. The number of phenols is 1. The Kier molecular flexibility index (Phi) is 12.5. The summed E-state index contributed by atoms with van der Waals surface area (Å²) in [6.07, 6.45) is 1.49. The van der Waals surface area contributed by atoms with Crippen LogP contribution in [0.5, 0.6) is 17.2 Å². The van der Waals surface area contributed by atoms with Gasteiger partial charge in [-0.15, -0.1) is 0 Å². The van der Waals surface area contributed by atoms with E-state index in [1.807, 2.05) is 60.7 Å². The van der Waals surface area contributed by atoms with Gasteiger partial charge in [-0.2, -0.15) is 0 Å². The van der Waals surface area contributed by atoms with Crippen molar-refractivity contribution in [2.45, 2.75) is 26.4 Å². The maximum atomic E-state index is 12.6. The third kappa shape index (κ3) is 10.8. The van der Waals surface area contributed by atoms with Crippen LogP contribution in [0.15, 0.2) is 97.2 Å². The van der Waals surface area contributed by atoms with Crippen molar-refractivity contribution >= 4 is 17.8 Å². The van der Waals surface area contributed by atoms with Gasteiger partial charge in [0.05, 0.1) is 7.11 Å². The van der Waals surface area contributed by atoms with Gasteiger partial charge in [-0.05, 0) is 35.7 Å². The number of ether oxygens (including phenoxy) is 4. The van der Waals surface area contributed by atoms with Crippen molar-refractivity contribution in [1.82, 2.24) is 10.3 Å². The summed E-state index contributed by atoms with van der Waals surface area (Å²) in [5.41, 5.74) is 3.13. The highest BCUT2D eigenvalue weighted by Crippen LogP contribution is 2.29. The van der Waals surface area contributed by atoms with Gasteiger partial charge in [0.25, 0.3) is 5.91 Å². The van der Waals surface area contributed by atoms with Gasteiger partial charge in [0.15, 0.2) is 17.2 Å². The Hall–Kier alpha value is -5.38. The number of nitrogens with one attached hydrogen (secondary N) is 1. The van der Waals surface area contributed by atoms with Crippen molar-refractivity contribution in [3.05, 3.63) is 108 Å². The highest BCUT2D eigenvalue weighted by atomic mass is 16.7. The van der Waals surface area contributed by atoms with Crippen molar-refractivity contribution in [3.8, 4) is 28.4 Å². The first kappa shape index (κ1) is 32.1. The Morgan fingerprint density at radius 1 is 0.884 bits per heavy atom. The molecule has 1 heterocycles. The first-order valence-corrected chi connectivity index (χ1v) is 13.4. The van der Waals surface area contributed by atoms with E-state index in [2.05, 4.69) is 10.3 Å². The lowest BCUT2D eigenvalue weighted by atomic mass is 10.0. The number of benzene rings is 3. The molecule has 0 aliphatic rings. The Bertz CT molecular complexity index is 1460. The lowest BCUT2D eigenvalue weighted by molar-refractivity contribution is -0.148. The van der Waals surface area contributed by atoms with E-state index in [1.165, 1.54) is 26.3 Å². The van der Waals surface area contributed by atoms with Gasteiger partial charge in [-0.1, -0.05) is 72.8 Å². The lowest BCUT2D eigenvalue weighted by Crippen LogP contribution is -2.33. The molecule has 2 N–H and O–H groups in total. The molecule has 0 radical (unpaired) electrons. The van der Waals surface area contributed by atoms with E-state index in [1.54, 1.807) is 31.2 Å². The number of aromatic hydroxyl groups is 1. The maximum absolute atomic E-state index is 12.6. The number of rotatable bonds is 11. The van der Waals surface area contributed by atoms with Crippen LogP contribution in [-0.4, -0.2) is 54.5 Å². The molecular weight excluding hydrogens is 552 g/mol. The fourth-order valence-electron chi connectivity index (χ4n) is 3.83. The predicted molar refractivity (Wildman–Crippen MR) is 160 cm³/mol. The van der Waals surface area contributed by atoms with Gasteiger partial charge in [0, 0.05) is 25.6 Å². The number of aromatic nitrogens is 1. The summed E-state index contributed by atoms with van der Waals surface area (Å²) in [5, 5.41) is 11.1. The minimum atomic E-state index is -0.673. The maximum Gasteiger partial charge on any atom is 0.325 e. The highest BCUT2D eigenvalue weighted by molar-refractivity contribution is 5.97. The molecule has 4 rings (SSSR count). The van der Waals surface area contributed by atoms with Crippen molar-refractivity contribution in [1.29, 1.82) is 0 Å². The summed E-state index contributed by atoms with van der Waals surface area (Å²) >= 11 is 0. The molecule has 1 atom stereocenters. The zero-order chi connectivity index (χ0) is 31.0. The van der Waals surface area contributed by atoms with Crippen molar-refractivity contribution in [2.24, 2.45) is 0 Å². The van der Waals surface area contributed by atoms with E-state index >= 15 is 0 Å². The molecule has 0 saturated carbocycles. The third-order valence-corrected chi connectivity index (χ3v) is 5.84. The Morgan fingerprint density at radius 2 is 1.51 bits per heavy atom. The number of phenolic OH excluding ortho intramolecular Hbond substituents is 1. The van der Waals surface area contributed by atoms with Crippen molar-refractivity contribution in [2.75, 3.05) is 20.4 Å². The van der Waals surface area contributed by atoms with Crippen LogP contribution in [0.2, 0.25) is 0 Å². The van der Waals surface area contributed by atoms with Crippen LogP contribution in [0.25, 0.3) is 11.1 Å². The topological polar surface area (TPSA) is 133 Å². The van der Waals surface area contributed by atoms with E-state index in [4.69, 9.17) is 24.1 Å². The zero-order valence-corrected chi connectivity index (χ0v) is 24.2. The number of para-hydroxylation sites is 1. The van der Waals surface area contributed by atoms with E-state index in [0.29, 0.717) is 12.2 Å². The molecule has 4 aromatic rings. The standard InChI is InChI=1S/C27H28N2O7.C6H6O/c1-18(15-20-9-11-22(12-10-20)21-7-5-4-6-8-21)36-24(31)16-29-27(32)25-26(35-17-34-19(2)30)23(33-3)13-14-28-25;7-6-4-2-1-3-5-6/h4-14,18H,15-17H2,1-3H3,(H,29,32);1-5,7H. The molecule has 0 aliphatic carbocycles. The van der Waals surface area contributed by atoms with Crippen LogP contribution in [0, 0.1) is 0 Å². The van der Waals surface area contributed by atoms with Gasteiger partial charge in [-0.25, -0.2) is 4.98 Å². The van der Waals surface area contributed by atoms with Crippen LogP contribution in [-0.2, 0) is 25.5 Å². The van der Waals surface area contributed by atoms with E-state index in [9.17, 15) is 14.4 Å². The number of nitrogens with zero attached hydrogens (tertiary/aromatic N) is 1. The quantitative estimate of drug-likeness (QED) is 0.185. The van der Waals surface area contributed by atoms with Crippen LogP contribution in [0.3, 0.4) is 0 Å². The lowest BCUT2D eigenvalue weighted by Gasteiger charge is -2.15. The highest BCUT2D eigenvalue weighted by Gasteiger charge is 2.21. The average Bonchev–Trinajstić information content (AvgIpc) is 3.01. The smallest absolute Gasteiger partial charge is 0.325 e. The second-order valence-electron chi connectivity index (χ2n) is 9.17. The van der Waals surface area contributed by atoms with Crippen molar-refractivity contribution < 1.29 is 38.4 Å². The van der Waals surface area contributed by atoms with Crippen LogP contribution in [0.1, 0.15) is 29.9 Å². The molecule has 0 fully saturated rings. The van der Waals surface area contributed by atoms with Crippen LogP contribution >= 0.6 is 0 Å². The first-order valence-electron chi connectivity index (χ1n) is 13.4. The van der Waals surface area contributed by atoms with E-state index < -0.39 is 30.7 Å². The van der Waals surface area contributed by atoms with Gasteiger partial charge >= 0.3 is 11.9 Å². The Morgan fingerprint density at radius 3 is 2.09 bits per heavy atom. The number of hydrogen-bond donors (Lipinski definition) is 2. The zero-order valence-electron chi connectivity index (χ0n) is 24.2. The molecule has 0 saturated heterocycles. The molecule has 43 heavy (non-hydrogen) atoms. The molecule has 1 aromatic heterocycles. The van der Waals surface area contributed by atoms with Gasteiger partial charge in [-0.3, -0.25) is 14.4 Å². The van der Waals surface area contributed by atoms with E-state index in [0.717, 1.165) is 16.7 Å². The Balaban J connectivity index is 0.000000633. The second kappa shape index (κ2) is 16.8. The monoisotopic (exact) mass is 586 g/mol. The average molecular weight is 587 g/mol. The fraction of sp³-hybridized carbons (Fsp3) is 0.212. The molecule has 10 heteroatoms. The van der Waals surface area contributed by atoms with Crippen LogP contribution in [0.4, 0.5) is 0 Å². The van der Waals surface area contributed by atoms with Gasteiger partial charge < -0.3 is 29.4 Å². The summed E-state index contributed by atoms with van der Waals surface area (Å²) in [7, 11) is 1.39. The molecule has 1 amide bonds. The second-order valence-corrected chi connectivity index (χ2v) is 9.17. The first-order chi connectivity index (χ1) is 20.8. The summed E-state index contributed by atoms with van der Waals surface area (Å²) < 4.78 is 20.7.